The van der Waals surface area contributed by atoms with Crippen LogP contribution >= 0.6 is 15.9 Å². The average molecular weight is 304 g/mol. The third kappa shape index (κ3) is 4.83. The first kappa shape index (κ1) is 14.1. The molecule has 0 heterocycles. The van der Waals surface area contributed by atoms with Crippen LogP contribution in [0.15, 0.2) is 22.7 Å². The lowest BCUT2D eigenvalue weighted by Crippen LogP contribution is -2.25. The molecule has 0 saturated carbocycles. The second-order valence-electron chi connectivity index (χ2n) is 3.66. The number of rotatable bonds is 6. The molecule has 0 fully saturated rings. The number of hydrogen-bond donors (Lipinski definition) is 2. The largest absolute Gasteiger partial charge is 0.396 e. The molecule has 2 N–H and O–H groups in total. The molecule has 0 aromatic heterocycles. The maximum absolute atomic E-state index is 13.4. The standard InChI is InChI=1S/C12H15BrFNO2/c13-9-4-5-10(11(14)8-9)12(17)15-6-2-1-3-7-16/h4-5,8,16H,1-3,6-7H2,(H,15,17). The summed E-state index contributed by atoms with van der Waals surface area (Å²) in [5.74, 6) is -0.939. The summed E-state index contributed by atoms with van der Waals surface area (Å²) in [6.45, 7) is 0.656. The highest BCUT2D eigenvalue weighted by Gasteiger charge is 2.10. The first-order valence-electron chi connectivity index (χ1n) is 5.49. The first-order valence-corrected chi connectivity index (χ1v) is 6.28. The van der Waals surface area contributed by atoms with Crippen molar-refractivity contribution in [2.45, 2.75) is 19.3 Å². The van der Waals surface area contributed by atoms with Gasteiger partial charge in [0.2, 0.25) is 0 Å². The fraction of sp³-hybridized carbons (Fsp3) is 0.417. The molecule has 0 spiro atoms. The van der Waals surface area contributed by atoms with Crippen LogP contribution < -0.4 is 5.32 Å². The summed E-state index contributed by atoms with van der Waals surface area (Å²) in [6, 6.07) is 4.34. The van der Waals surface area contributed by atoms with Crippen molar-refractivity contribution in [1.82, 2.24) is 5.32 Å². The van der Waals surface area contributed by atoms with Gasteiger partial charge in [-0.3, -0.25) is 4.79 Å². The zero-order valence-corrected chi connectivity index (χ0v) is 11.0. The summed E-state index contributed by atoms with van der Waals surface area (Å²) < 4.78 is 14.0. The Kier molecular flexibility index (Phi) is 6.15. The van der Waals surface area contributed by atoms with Gasteiger partial charge in [0.15, 0.2) is 0 Å². The van der Waals surface area contributed by atoms with Gasteiger partial charge >= 0.3 is 0 Å². The smallest absolute Gasteiger partial charge is 0.254 e. The predicted octanol–water partition coefficient (Wildman–Crippen LogP) is 2.48. The Bertz CT molecular complexity index is 385. The molecule has 0 aliphatic carbocycles. The summed E-state index contributed by atoms with van der Waals surface area (Å²) >= 11 is 3.13. The van der Waals surface area contributed by atoms with Gasteiger partial charge in [0.05, 0.1) is 5.56 Å². The molecule has 0 unspecified atom stereocenters. The molecule has 0 aliphatic heterocycles. The lowest BCUT2D eigenvalue weighted by atomic mass is 10.2. The minimum absolute atomic E-state index is 0.0513. The number of carbonyl (C=O) groups excluding carboxylic acids is 1. The van der Waals surface area contributed by atoms with E-state index in [0.29, 0.717) is 11.0 Å². The molecule has 1 rings (SSSR count). The maximum atomic E-state index is 13.4. The quantitative estimate of drug-likeness (QED) is 0.793. The fourth-order valence-electron chi connectivity index (χ4n) is 1.38. The van der Waals surface area contributed by atoms with Crippen molar-refractivity contribution in [2.75, 3.05) is 13.2 Å². The van der Waals surface area contributed by atoms with Crippen molar-refractivity contribution in [2.24, 2.45) is 0 Å². The Labute approximate surface area is 108 Å². The van der Waals surface area contributed by atoms with Crippen LogP contribution in [-0.2, 0) is 0 Å². The van der Waals surface area contributed by atoms with E-state index in [1.54, 1.807) is 6.07 Å². The van der Waals surface area contributed by atoms with Crippen LogP contribution in [0.25, 0.3) is 0 Å². The van der Waals surface area contributed by atoms with E-state index in [0.717, 1.165) is 19.3 Å². The van der Waals surface area contributed by atoms with Crippen LogP contribution in [-0.4, -0.2) is 24.2 Å². The van der Waals surface area contributed by atoms with Crippen LogP contribution in [0.5, 0.6) is 0 Å². The van der Waals surface area contributed by atoms with E-state index in [2.05, 4.69) is 21.2 Å². The van der Waals surface area contributed by atoms with E-state index in [9.17, 15) is 9.18 Å². The molecule has 0 radical (unpaired) electrons. The highest BCUT2D eigenvalue weighted by atomic mass is 79.9. The monoisotopic (exact) mass is 303 g/mol. The molecule has 1 amide bonds. The second-order valence-corrected chi connectivity index (χ2v) is 4.58. The minimum Gasteiger partial charge on any atom is -0.396 e. The number of unbranched alkanes of at least 4 members (excludes halogenated alkanes) is 2. The van der Waals surface area contributed by atoms with E-state index in [4.69, 9.17) is 5.11 Å². The number of halogens is 2. The summed E-state index contributed by atoms with van der Waals surface area (Å²) in [5.41, 5.74) is 0.0513. The fourth-order valence-corrected chi connectivity index (χ4v) is 1.72. The zero-order chi connectivity index (χ0) is 12.7. The van der Waals surface area contributed by atoms with Gasteiger partial charge in [-0.2, -0.15) is 0 Å². The number of aliphatic hydroxyl groups excluding tert-OH is 1. The molecule has 0 bridgehead atoms. The summed E-state index contributed by atoms with van der Waals surface area (Å²) in [7, 11) is 0. The van der Waals surface area contributed by atoms with Gasteiger partial charge in [0.1, 0.15) is 5.82 Å². The van der Waals surface area contributed by atoms with Gasteiger partial charge in [-0.1, -0.05) is 15.9 Å². The van der Waals surface area contributed by atoms with Crippen LogP contribution in [0.4, 0.5) is 4.39 Å². The Hall–Kier alpha value is -0.940. The topological polar surface area (TPSA) is 49.3 Å². The Morgan fingerprint density at radius 1 is 1.35 bits per heavy atom. The van der Waals surface area contributed by atoms with Gasteiger partial charge in [0.25, 0.3) is 5.91 Å². The second kappa shape index (κ2) is 7.40. The van der Waals surface area contributed by atoms with Gasteiger partial charge in [-0.05, 0) is 37.5 Å². The molecule has 5 heteroatoms. The maximum Gasteiger partial charge on any atom is 0.254 e. The van der Waals surface area contributed by atoms with Gasteiger partial charge in [-0.25, -0.2) is 4.39 Å². The summed E-state index contributed by atoms with van der Waals surface area (Å²) in [5, 5.41) is 11.2. The van der Waals surface area contributed by atoms with Crippen LogP contribution in [0, 0.1) is 5.82 Å². The molecule has 1 aromatic carbocycles. The number of aliphatic hydroxyl groups is 1. The van der Waals surface area contributed by atoms with E-state index in [1.165, 1.54) is 12.1 Å². The normalized spacial score (nSPS) is 10.3. The van der Waals surface area contributed by atoms with Gasteiger partial charge in [-0.15, -0.1) is 0 Å². The van der Waals surface area contributed by atoms with Crippen molar-refractivity contribution < 1.29 is 14.3 Å². The van der Waals surface area contributed by atoms with Crippen LogP contribution in [0.3, 0.4) is 0 Å². The molecular weight excluding hydrogens is 289 g/mol. The number of nitrogens with one attached hydrogen (secondary N) is 1. The number of benzene rings is 1. The van der Waals surface area contributed by atoms with Gasteiger partial charge in [0, 0.05) is 17.6 Å². The van der Waals surface area contributed by atoms with Gasteiger partial charge < -0.3 is 10.4 Å². The lowest BCUT2D eigenvalue weighted by molar-refractivity contribution is 0.0949. The summed E-state index contributed by atoms with van der Waals surface area (Å²) in [6.07, 6.45) is 2.35. The highest BCUT2D eigenvalue weighted by Crippen LogP contribution is 2.15. The highest BCUT2D eigenvalue weighted by molar-refractivity contribution is 9.10. The third-order valence-corrected chi connectivity index (χ3v) is 2.79. The first-order chi connectivity index (χ1) is 8.15. The van der Waals surface area contributed by atoms with E-state index < -0.39 is 11.7 Å². The number of carbonyl (C=O) groups is 1. The molecule has 0 saturated heterocycles. The summed E-state index contributed by atoms with van der Waals surface area (Å²) in [4.78, 5) is 11.6. The van der Waals surface area contributed by atoms with Crippen molar-refractivity contribution in [3.05, 3.63) is 34.1 Å². The lowest BCUT2D eigenvalue weighted by Gasteiger charge is -2.06. The van der Waals surface area contributed by atoms with Crippen LogP contribution in [0.1, 0.15) is 29.6 Å². The predicted molar refractivity (Wildman–Crippen MR) is 67.4 cm³/mol. The van der Waals surface area contributed by atoms with E-state index in [-0.39, 0.29) is 12.2 Å². The van der Waals surface area contributed by atoms with Crippen molar-refractivity contribution in [1.29, 1.82) is 0 Å². The molecule has 1 aromatic rings. The molecule has 17 heavy (non-hydrogen) atoms. The number of hydrogen-bond acceptors (Lipinski definition) is 2. The molecular formula is C12H15BrFNO2. The van der Waals surface area contributed by atoms with E-state index in [1.807, 2.05) is 0 Å². The van der Waals surface area contributed by atoms with Crippen molar-refractivity contribution in [3.63, 3.8) is 0 Å². The average Bonchev–Trinajstić information content (AvgIpc) is 2.28. The zero-order valence-electron chi connectivity index (χ0n) is 9.38. The molecule has 3 nitrogen and oxygen atoms in total. The van der Waals surface area contributed by atoms with Crippen LogP contribution in [0.2, 0.25) is 0 Å². The number of amides is 1. The third-order valence-electron chi connectivity index (χ3n) is 2.30. The molecule has 0 atom stereocenters. The molecule has 94 valence electrons. The molecule has 0 aliphatic rings. The van der Waals surface area contributed by atoms with E-state index >= 15 is 0 Å². The Morgan fingerprint density at radius 3 is 2.76 bits per heavy atom. The Morgan fingerprint density at radius 2 is 2.12 bits per heavy atom. The van der Waals surface area contributed by atoms with Crippen molar-refractivity contribution in [3.8, 4) is 0 Å². The Balaban J connectivity index is 2.42. The SMILES string of the molecule is O=C(NCCCCCO)c1ccc(Br)cc1F. The minimum atomic E-state index is -0.535. The van der Waals surface area contributed by atoms with Crippen molar-refractivity contribution >= 4 is 21.8 Å².